The van der Waals surface area contributed by atoms with Gasteiger partial charge >= 0.3 is 0 Å². The first-order chi connectivity index (χ1) is 14.1. The van der Waals surface area contributed by atoms with Gasteiger partial charge in [0, 0.05) is 0 Å². The van der Waals surface area contributed by atoms with Crippen LogP contribution in [0.3, 0.4) is 0 Å². The van der Waals surface area contributed by atoms with Gasteiger partial charge in [0.05, 0.1) is 30.5 Å². The van der Waals surface area contributed by atoms with Crippen LogP contribution in [-0.2, 0) is 17.8 Å². The lowest BCUT2D eigenvalue weighted by Crippen LogP contribution is -2.35. The van der Waals surface area contributed by atoms with E-state index < -0.39 is 0 Å². The first-order valence-electron chi connectivity index (χ1n) is 9.65. The molecule has 150 valence electrons. The number of nitrogens with zero attached hydrogens (tertiary/aromatic N) is 2. The van der Waals surface area contributed by atoms with Crippen LogP contribution in [0.1, 0.15) is 30.5 Å². The van der Waals surface area contributed by atoms with E-state index in [-0.39, 0.29) is 24.1 Å². The lowest BCUT2D eigenvalue weighted by Gasteiger charge is -2.20. The molecule has 1 unspecified atom stereocenters. The molecule has 2 heterocycles. The fourth-order valence-electron chi connectivity index (χ4n) is 3.62. The number of amides is 1. The molecule has 7 nitrogen and oxygen atoms in total. The van der Waals surface area contributed by atoms with Gasteiger partial charge in [-0.1, -0.05) is 24.3 Å². The number of carbonyl (C=O) groups excluding carboxylic acids is 1. The molecule has 0 saturated heterocycles. The summed E-state index contributed by atoms with van der Waals surface area (Å²) in [5, 5.41) is 8.24. The fourth-order valence-corrected chi connectivity index (χ4v) is 3.62. The Kier molecular flexibility index (Phi) is 5.20. The zero-order valence-corrected chi connectivity index (χ0v) is 16.5. The van der Waals surface area contributed by atoms with Crippen molar-refractivity contribution in [3.63, 3.8) is 0 Å². The van der Waals surface area contributed by atoms with Gasteiger partial charge in [0.1, 0.15) is 12.3 Å². The Balaban J connectivity index is 1.53. The van der Waals surface area contributed by atoms with Crippen molar-refractivity contribution in [1.29, 1.82) is 0 Å². The van der Waals surface area contributed by atoms with E-state index in [1.165, 1.54) is 7.11 Å². The highest BCUT2D eigenvalue weighted by atomic mass is 16.5. The van der Waals surface area contributed by atoms with Crippen LogP contribution in [0.4, 0.5) is 0 Å². The summed E-state index contributed by atoms with van der Waals surface area (Å²) in [6.07, 6.45) is 1.97. The minimum absolute atomic E-state index is 0.182. The second-order valence-corrected chi connectivity index (χ2v) is 7.13. The maximum Gasteiger partial charge on any atom is 0.275 e. The molecule has 1 amide bonds. The first-order valence-corrected chi connectivity index (χ1v) is 9.65. The van der Waals surface area contributed by atoms with Crippen molar-refractivity contribution >= 4 is 16.7 Å². The van der Waals surface area contributed by atoms with Gasteiger partial charge in [-0.2, -0.15) is 0 Å². The number of benzene rings is 2. The Morgan fingerprint density at radius 2 is 2.07 bits per heavy atom. The lowest BCUT2D eigenvalue weighted by atomic mass is 10.00. The summed E-state index contributed by atoms with van der Waals surface area (Å²) in [6.45, 7) is 2.48. The number of fused-ring (bicyclic) bond motifs is 2. The van der Waals surface area contributed by atoms with Crippen LogP contribution in [0.5, 0.6) is 11.6 Å². The molecule has 2 aromatic carbocycles. The minimum atomic E-state index is -0.324. The Morgan fingerprint density at radius 3 is 2.86 bits per heavy atom. The smallest absolute Gasteiger partial charge is 0.275 e. The van der Waals surface area contributed by atoms with Crippen LogP contribution in [-0.4, -0.2) is 29.4 Å². The molecule has 0 spiro atoms. The van der Waals surface area contributed by atoms with Crippen molar-refractivity contribution < 1.29 is 14.3 Å². The zero-order chi connectivity index (χ0) is 20.4. The number of nitrogens with one attached hydrogen (secondary N) is 1. The van der Waals surface area contributed by atoms with E-state index in [0.717, 1.165) is 41.0 Å². The van der Waals surface area contributed by atoms with Crippen LogP contribution in [0, 0.1) is 0 Å². The van der Waals surface area contributed by atoms with Gasteiger partial charge in [0.15, 0.2) is 0 Å². The maximum atomic E-state index is 12.7. The zero-order valence-electron chi connectivity index (χ0n) is 16.5. The number of hydrogen-bond acceptors (Lipinski definition) is 5. The van der Waals surface area contributed by atoms with Gasteiger partial charge in [-0.3, -0.25) is 9.59 Å². The molecular formula is C22H23N3O4. The molecule has 4 rings (SSSR count). The predicted molar refractivity (Wildman–Crippen MR) is 109 cm³/mol. The third-order valence-electron chi connectivity index (χ3n) is 5.13. The second kappa shape index (κ2) is 7.95. The summed E-state index contributed by atoms with van der Waals surface area (Å²) in [5.41, 5.74) is 1.83. The molecule has 1 N–H and O–H groups in total. The van der Waals surface area contributed by atoms with Gasteiger partial charge in [-0.05, 0) is 49.1 Å². The quantitative estimate of drug-likeness (QED) is 0.721. The van der Waals surface area contributed by atoms with Gasteiger partial charge in [-0.15, -0.1) is 5.10 Å². The van der Waals surface area contributed by atoms with Crippen LogP contribution in [0.2, 0.25) is 0 Å². The van der Waals surface area contributed by atoms with Crippen molar-refractivity contribution in [3.8, 4) is 11.6 Å². The summed E-state index contributed by atoms with van der Waals surface area (Å²) in [5.74, 6) is 0.937. The highest BCUT2D eigenvalue weighted by Gasteiger charge is 2.17. The monoisotopic (exact) mass is 393 g/mol. The number of ether oxygens (including phenoxy) is 2. The van der Waals surface area contributed by atoms with E-state index in [1.54, 1.807) is 18.2 Å². The standard InChI is InChI=1S/C22H23N3O4/c1-14(15-9-10-19-16(12-15)6-5-11-29-19)23-20(26)13-25-22(27)18-8-4-3-7-17(18)21(24-25)28-2/h3-4,7-10,12,14H,5-6,11,13H2,1-2H3,(H,23,26). The number of hydrogen-bond donors (Lipinski definition) is 1. The van der Waals surface area contributed by atoms with Crippen LogP contribution < -0.4 is 20.3 Å². The highest BCUT2D eigenvalue weighted by molar-refractivity contribution is 5.86. The Labute approximate surface area is 168 Å². The largest absolute Gasteiger partial charge is 0.493 e. The number of methoxy groups -OCH3 is 1. The predicted octanol–water partition coefficient (Wildman–Crippen LogP) is 2.61. The molecule has 1 aromatic heterocycles. The lowest BCUT2D eigenvalue weighted by molar-refractivity contribution is -0.122. The van der Waals surface area contributed by atoms with Gasteiger partial charge < -0.3 is 14.8 Å². The highest BCUT2D eigenvalue weighted by Crippen LogP contribution is 2.27. The molecule has 29 heavy (non-hydrogen) atoms. The van der Waals surface area contributed by atoms with Crippen molar-refractivity contribution in [3.05, 3.63) is 63.9 Å². The van der Waals surface area contributed by atoms with Crippen molar-refractivity contribution in [1.82, 2.24) is 15.1 Å². The molecule has 1 aliphatic heterocycles. The van der Waals surface area contributed by atoms with E-state index in [2.05, 4.69) is 16.5 Å². The number of aryl methyl sites for hydroxylation is 1. The van der Waals surface area contributed by atoms with E-state index in [9.17, 15) is 9.59 Å². The summed E-state index contributed by atoms with van der Waals surface area (Å²) < 4.78 is 12.1. The van der Waals surface area contributed by atoms with Crippen LogP contribution in [0.25, 0.3) is 10.8 Å². The molecule has 0 aliphatic carbocycles. The molecular weight excluding hydrogens is 370 g/mol. The third kappa shape index (κ3) is 3.81. The molecule has 1 atom stereocenters. The summed E-state index contributed by atoms with van der Waals surface area (Å²) in [7, 11) is 1.49. The second-order valence-electron chi connectivity index (χ2n) is 7.13. The fraction of sp³-hybridized carbons (Fsp3) is 0.318. The first kappa shape index (κ1) is 19.0. The average Bonchev–Trinajstić information content (AvgIpc) is 2.75. The van der Waals surface area contributed by atoms with E-state index in [0.29, 0.717) is 16.7 Å². The summed E-state index contributed by atoms with van der Waals surface area (Å²) in [6, 6.07) is 12.8. The average molecular weight is 393 g/mol. The third-order valence-corrected chi connectivity index (χ3v) is 5.13. The maximum absolute atomic E-state index is 12.7. The minimum Gasteiger partial charge on any atom is -0.493 e. The molecule has 1 aliphatic rings. The van der Waals surface area contributed by atoms with E-state index in [4.69, 9.17) is 9.47 Å². The SMILES string of the molecule is COc1nn(CC(=O)NC(C)c2ccc3c(c2)CCCO3)c(=O)c2ccccc12. The van der Waals surface area contributed by atoms with Gasteiger partial charge in [-0.25, -0.2) is 4.68 Å². The number of rotatable bonds is 5. The van der Waals surface area contributed by atoms with Gasteiger partial charge in [0.25, 0.3) is 5.56 Å². The molecule has 0 bridgehead atoms. The molecule has 3 aromatic rings. The van der Waals surface area contributed by atoms with Crippen LogP contribution in [0.15, 0.2) is 47.3 Å². The number of carbonyl (C=O) groups is 1. The van der Waals surface area contributed by atoms with Crippen molar-refractivity contribution in [2.24, 2.45) is 0 Å². The Morgan fingerprint density at radius 1 is 1.28 bits per heavy atom. The van der Waals surface area contributed by atoms with Crippen molar-refractivity contribution in [2.75, 3.05) is 13.7 Å². The normalized spacial score (nSPS) is 14.0. The molecule has 0 fully saturated rings. The van der Waals surface area contributed by atoms with Crippen molar-refractivity contribution in [2.45, 2.75) is 32.4 Å². The van der Waals surface area contributed by atoms with E-state index >= 15 is 0 Å². The molecule has 0 saturated carbocycles. The summed E-state index contributed by atoms with van der Waals surface area (Å²) in [4.78, 5) is 25.3. The van der Waals surface area contributed by atoms with Crippen LogP contribution >= 0.6 is 0 Å². The topological polar surface area (TPSA) is 82.5 Å². The Bertz CT molecular complexity index is 1120. The Hall–Kier alpha value is -3.35. The molecule has 0 radical (unpaired) electrons. The van der Waals surface area contributed by atoms with Gasteiger partial charge in [0.2, 0.25) is 11.8 Å². The molecule has 7 heteroatoms. The summed E-state index contributed by atoms with van der Waals surface area (Å²) >= 11 is 0. The number of aromatic nitrogens is 2. The van der Waals surface area contributed by atoms with E-state index in [1.807, 2.05) is 25.1 Å².